The summed E-state index contributed by atoms with van der Waals surface area (Å²) in [5, 5.41) is 6.89. The Hall–Kier alpha value is -2.39. The van der Waals surface area contributed by atoms with Crippen molar-refractivity contribution in [2.24, 2.45) is 0 Å². The van der Waals surface area contributed by atoms with Crippen LogP contribution in [0.15, 0.2) is 30.6 Å². The number of imidazole rings is 1. The van der Waals surface area contributed by atoms with E-state index in [-0.39, 0.29) is 6.47 Å². The summed E-state index contributed by atoms with van der Waals surface area (Å²) in [4.78, 5) is 13.0. The molecular weight excluding hydrogens is 394 g/mol. The maximum atomic E-state index is 11.3. The second-order valence-electron chi connectivity index (χ2n) is 7.01. The Morgan fingerprint density at radius 3 is 2.41 bits per heavy atom. The Balaban J connectivity index is 0.000000941. The molecule has 29 heavy (non-hydrogen) atoms. The van der Waals surface area contributed by atoms with Crippen molar-refractivity contribution in [1.29, 1.82) is 0 Å². The van der Waals surface area contributed by atoms with Crippen molar-refractivity contribution in [2.45, 2.75) is 44.6 Å². The van der Waals surface area contributed by atoms with Gasteiger partial charge in [-0.25, -0.2) is 18.1 Å². The van der Waals surface area contributed by atoms with Crippen molar-refractivity contribution in [1.82, 2.24) is 14.3 Å². The predicted molar refractivity (Wildman–Crippen MR) is 112 cm³/mol. The van der Waals surface area contributed by atoms with Gasteiger partial charge in [-0.05, 0) is 37.1 Å². The Morgan fingerprint density at radius 2 is 1.86 bits per heavy atom. The van der Waals surface area contributed by atoms with E-state index in [1.54, 1.807) is 7.11 Å². The van der Waals surface area contributed by atoms with Crippen molar-refractivity contribution < 1.29 is 23.1 Å². The molecule has 1 aromatic heterocycles. The molecule has 8 nitrogen and oxygen atoms in total. The highest BCUT2D eigenvalue weighted by molar-refractivity contribution is 7.88. The molecule has 0 atom stereocenters. The SMILES string of the molecule is COc1ccc(-c2ncn(CCNS(C)(=O)=O)c2C2CCCCC2)cc1.O=CO. The molecule has 1 saturated carbocycles. The molecule has 0 saturated heterocycles. The molecular formula is C20H29N3O5S. The zero-order valence-electron chi connectivity index (χ0n) is 16.9. The summed E-state index contributed by atoms with van der Waals surface area (Å²) in [6.07, 6.45) is 9.11. The van der Waals surface area contributed by atoms with E-state index in [4.69, 9.17) is 14.6 Å². The molecule has 0 amide bonds. The van der Waals surface area contributed by atoms with Gasteiger partial charge >= 0.3 is 0 Å². The first-order valence-electron chi connectivity index (χ1n) is 9.61. The fraction of sp³-hybridized carbons (Fsp3) is 0.500. The Kier molecular flexibility index (Phi) is 8.66. The summed E-state index contributed by atoms with van der Waals surface area (Å²) in [6, 6.07) is 7.97. The molecule has 0 bridgehead atoms. The average molecular weight is 424 g/mol. The van der Waals surface area contributed by atoms with Crippen LogP contribution in [0.4, 0.5) is 0 Å². The van der Waals surface area contributed by atoms with Crippen LogP contribution in [0, 0.1) is 0 Å². The van der Waals surface area contributed by atoms with Crippen LogP contribution in [-0.2, 0) is 21.4 Å². The van der Waals surface area contributed by atoms with Crippen LogP contribution >= 0.6 is 0 Å². The summed E-state index contributed by atoms with van der Waals surface area (Å²) in [5.74, 6) is 1.30. The van der Waals surface area contributed by atoms with Crippen molar-refractivity contribution >= 4 is 16.5 Å². The standard InChI is InChI=1S/C19H27N3O3S.CH2O2/c1-25-17-10-8-15(9-11-17)18-19(16-6-4-3-5-7-16)22(14-20-18)13-12-21-26(2,23)24;2-1-3/h8-11,14,16,21H,3-7,12-13H2,1-2H3;1H,(H,2,3). The van der Waals surface area contributed by atoms with E-state index >= 15 is 0 Å². The first-order chi connectivity index (χ1) is 13.9. The topological polar surface area (TPSA) is 111 Å². The van der Waals surface area contributed by atoms with Crippen molar-refractivity contribution in [3.8, 4) is 17.0 Å². The minimum absolute atomic E-state index is 0.250. The number of aromatic nitrogens is 2. The van der Waals surface area contributed by atoms with E-state index in [0.29, 0.717) is 19.0 Å². The maximum Gasteiger partial charge on any atom is 0.290 e. The number of hydrogen-bond donors (Lipinski definition) is 2. The van der Waals surface area contributed by atoms with Crippen LogP contribution in [0.25, 0.3) is 11.3 Å². The first-order valence-corrected chi connectivity index (χ1v) is 11.5. The minimum atomic E-state index is -3.18. The number of hydrogen-bond acceptors (Lipinski definition) is 5. The molecule has 9 heteroatoms. The van der Waals surface area contributed by atoms with Crippen molar-refractivity contribution in [2.75, 3.05) is 19.9 Å². The highest BCUT2D eigenvalue weighted by Crippen LogP contribution is 2.38. The van der Waals surface area contributed by atoms with Crippen molar-refractivity contribution in [3.63, 3.8) is 0 Å². The molecule has 1 aliphatic rings. The van der Waals surface area contributed by atoms with E-state index in [9.17, 15) is 8.42 Å². The molecule has 1 heterocycles. The fourth-order valence-corrected chi connectivity index (χ4v) is 4.16. The van der Waals surface area contributed by atoms with Gasteiger partial charge in [0.25, 0.3) is 6.47 Å². The summed E-state index contributed by atoms with van der Waals surface area (Å²) < 4.78 is 32.6. The van der Waals surface area contributed by atoms with E-state index in [2.05, 4.69) is 14.3 Å². The number of sulfonamides is 1. The van der Waals surface area contributed by atoms with Crippen LogP contribution in [0.1, 0.15) is 43.7 Å². The number of carbonyl (C=O) groups is 1. The van der Waals surface area contributed by atoms with Gasteiger partial charge in [0.05, 0.1) is 25.4 Å². The van der Waals surface area contributed by atoms with E-state index in [1.165, 1.54) is 31.2 Å². The van der Waals surface area contributed by atoms with Gasteiger partial charge in [-0.2, -0.15) is 0 Å². The van der Waals surface area contributed by atoms with Crippen LogP contribution in [-0.4, -0.2) is 49.5 Å². The van der Waals surface area contributed by atoms with E-state index in [1.807, 2.05) is 30.6 Å². The first kappa shape index (κ1) is 22.9. The van der Waals surface area contributed by atoms with Gasteiger partial charge in [0.15, 0.2) is 0 Å². The monoisotopic (exact) mass is 423 g/mol. The lowest BCUT2D eigenvalue weighted by Gasteiger charge is -2.24. The molecule has 2 N–H and O–H groups in total. The van der Waals surface area contributed by atoms with Gasteiger partial charge in [0.1, 0.15) is 5.75 Å². The zero-order chi connectivity index (χ0) is 21.3. The lowest BCUT2D eigenvalue weighted by atomic mass is 9.85. The van der Waals surface area contributed by atoms with Crippen LogP contribution in [0.2, 0.25) is 0 Å². The van der Waals surface area contributed by atoms with Gasteiger partial charge in [0.2, 0.25) is 10.0 Å². The van der Waals surface area contributed by atoms with Crippen LogP contribution < -0.4 is 9.46 Å². The molecule has 2 aromatic rings. The normalized spacial score (nSPS) is 14.7. The Bertz CT molecular complexity index is 872. The summed E-state index contributed by atoms with van der Waals surface area (Å²) in [5.41, 5.74) is 3.30. The number of nitrogens with one attached hydrogen (secondary N) is 1. The van der Waals surface area contributed by atoms with Gasteiger partial charge in [-0.3, -0.25) is 4.79 Å². The summed E-state index contributed by atoms with van der Waals surface area (Å²) >= 11 is 0. The number of rotatable bonds is 7. The molecule has 1 aromatic carbocycles. The summed E-state index contributed by atoms with van der Waals surface area (Å²) in [6.45, 7) is 0.707. The second-order valence-corrected chi connectivity index (χ2v) is 8.84. The molecule has 1 fully saturated rings. The highest BCUT2D eigenvalue weighted by atomic mass is 32.2. The predicted octanol–water partition coefficient (Wildman–Crippen LogP) is 2.86. The van der Waals surface area contributed by atoms with E-state index in [0.717, 1.165) is 29.8 Å². The van der Waals surface area contributed by atoms with Gasteiger partial charge in [-0.1, -0.05) is 19.3 Å². The Morgan fingerprint density at radius 1 is 1.24 bits per heavy atom. The quantitative estimate of drug-likeness (QED) is 0.663. The van der Waals surface area contributed by atoms with Crippen LogP contribution in [0.5, 0.6) is 5.75 Å². The number of carboxylic acid groups (broad SMARTS) is 1. The smallest absolute Gasteiger partial charge is 0.290 e. The van der Waals surface area contributed by atoms with Gasteiger partial charge in [-0.15, -0.1) is 0 Å². The number of nitrogens with zero attached hydrogens (tertiary/aromatic N) is 2. The molecule has 160 valence electrons. The third kappa shape index (κ3) is 6.86. The lowest BCUT2D eigenvalue weighted by Crippen LogP contribution is -2.26. The number of methoxy groups -OCH3 is 1. The number of benzene rings is 1. The zero-order valence-corrected chi connectivity index (χ0v) is 17.7. The number of ether oxygens (including phenoxy) is 1. The van der Waals surface area contributed by atoms with Crippen molar-refractivity contribution in [3.05, 3.63) is 36.3 Å². The van der Waals surface area contributed by atoms with E-state index < -0.39 is 10.0 Å². The van der Waals surface area contributed by atoms with Gasteiger partial charge in [0, 0.05) is 30.3 Å². The third-order valence-electron chi connectivity index (χ3n) is 4.95. The largest absolute Gasteiger partial charge is 0.497 e. The molecule has 0 aliphatic heterocycles. The average Bonchev–Trinajstić information content (AvgIpc) is 3.12. The molecule has 1 aliphatic carbocycles. The molecule has 0 unspecified atom stereocenters. The molecule has 0 spiro atoms. The maximum absolute atomic E-state index is 11.3. The highest BCUT2D eigenvalue weighted by Gasteiger charge is 2.24. The fourth-order valence-electron chi connectivity index (χ4n) is 3.70. The lowest BCUT2D eigenvalue weighted by molar-refractivity contribution is -0.122. The van der Waals surface area contributed by atoms with Crippen LogP contribution in [0.3, 0.4) is 0 Å². The molecule has 0 radical (unpaired) electrons. The summed E-state index contributed by atoms with van der Waals surface area (Å²) in [7, 11) is -1.52. The minimum Gasteiger partial charge on any atom is -0.497 e. The van der Waals surface area contributed by atoms with Gasteiger partial charge < -0.3 is 14.4 Å². The second kappa shape index (κ2) is 11.0. The third-order valence-corrected chi connectivity index (χ3v) is 5.68. The molecule has 3 rings (SSSR count). The Labute approximate surface area is 172 Å².